The Balaban J connectivity index is 0.000000921. The molecule has 82 valence electrons. The van der Waals surface area contributed by atoms with Crippen LogP contribution in [-0.4, -0.2) is 9.97 Å². The second-order valence-corrected chi connectivity index (χ2v) is 2.72. The Morgan fingerprint density at radius 1 is 1.33 bits per heavy atom. The minimum atomic E-state index is 0.180. The van der Waals surface area contributed by atoms with Gasteiger partial charge in [0, 0.05) is 5.22 Å². The molecular weight excluding hydrogens is 210 g/mol. The molecule has 0 aliphatic heterocycles. The van der Waals surface area contributed by atoms with Crippen molar-refractivity contribution < 1.29 is 0 Å². The van der Waals surface area contributed by atoms with Crippen molar-refractivity contribution in [2.24, 2.45) is 0 Å². The second kappa shape index (κ2) is 7.01. The SMILES string of the molecule is C=C/C=c1/c(Cl)nc(N)n/c1=C/C.CC. The van der Waals surface area contributed by atoms with Crippen molar-refractivity contribution in [3.05, 3.63) is 28.4 Å². The zero-order chi connectivity index (χ0) is 11.8. The van der Waals surface area contributed by atoms with Gasteiger partial charge in [0.2, 0.25) is 5.95 Å². The highest BCUT2D eigenvalue weighted by molar-refractivity contribution is 6.29. The van der Waals surface area contributed by atoms with Gasteiger partial charge in [-0.3, -0.25) is 0 Å². The standard InChI is InChI=1S/C9H10ClN3.C2H6/c1-3-5-6-7(4-2)12-9(11)13-8(6)10;1-2/h3-5H,1H2,2H3,(H2,11,12);1-2H3/b6-5+,7-4+;. The summed E-state index contributed by atoms with van der Waals surface area (Å²) in [5.41, 5.74) is 5.43. The fourth-order valence-electron chi connectivity index (χ4n) is 0.967. The Labute approximate surface area is 95.0 Å². The molecule has 1 aromatic rings. The highest BCUT2D eigenvalue weighted by Gasteiger charge is 1.97. The van der Waals surface area contributed by atoms with E-state index in [0.717, 1.165) is 10.6 Å². The third-order valence-electron chi connectivity index (χ3n) is 1.50. The van der Waals surface area contributed by atoms with Crippen LogP contribution in [-0.2, 0) is 0 Å². The number of anilines is 1. The van der Waals surface area contributed by atoms with E-state index in [0.29, 0.717) is 5.15 Å². The van der Waals surface area contributed by atoms with Crippen LogP contribution in [0.5, 0.6) is 0 Å². The summed E-state index contributed by atoms with van der Waals surface area (Å²) in [5.74, 6) is 0.180. The normalized spacial score (nSPS) is 12.0. The van der Waals surface area contributed by atoms with Gasteiger partial charge in [0.15, 0.2) is 0 Å². The maximum absolute atomic E-state index is 5.86. The van der Waals surface area contributed by atoms with Crippen molar-refractivity contribution in [3.8, 4) is 0 Å². The van der Waals surface area contributed by atoms with Crippen LogP contribution in [0.1, 0.15) is 20.8 Å². The van der Waals surface area contributed by atoms with Crippen LogP contribution in [0, 0.1) is 0 Å². The fourth-order valence-corrected chi connectivity index (χ4v) is 1.21. The summed E-state index contributed by atoms with van der Waals surface area (Å²) < 4.78 is 0. The Morgan fingerprint density at radius 3 is 2.40 bits per heavy atom. The van der Waals surface area contributed by atoms with Gasteiger partial charge in [-0.2, -0.15) is 0 Å². The van der Waals surface area contributed by atoms with Gasteiger partial charge in [-0.15, -0.1) is 0 Å². The van der Waals surface area contributed by atoms with Gasteiger partial charge in [-0.05, 0) is 6.92 Å². The molecule has 3 nitrogen and oxygen atoms in total. The van der Waals surface area contributed by atoms with E-state index in [9.17, 15) is 0 Å². The van der Waals surface area contributed by atoms with Crippen LogP contribution in [0.4, 0.5) is 5.95 Å². The van der Waals surface area contributed by atoms with Crippen molar-refractivity contribution in [2.75, 3.05) is 5.73 Å². The Bertz CT molecular complexity index is 438. The fraction of sp³-hybridized carbons (Fsp3) is 0.273. The number of nitrogen functional groups attached to an aromatic ring is 1. The Kier molecular flexibility index (Phi) is 6.38. The van der Waals surface area contributed by atoms with Gasteiger partial charge in [0.1, 0.15) is 5.15 Å². The molecule has 0 unspecified atom stereocenters. The van der Waals surface area contributed by atoms with Gasteiger partial charge in [0.05, 0.1) is 5.35 Å². The van der Waals surface area contributed by atoms with Crippen molar-refractivity contribution in [2.45, 2.75) is 20.8 Å². The van der Waals surface area contributed by atoms with Crippen molar-refractivity contribution in [1.82, 2.24) is 9.97 Å². The summed E-state index contributed by atoms with van der Waals surface area (Å²) in [6, 6.07) is 0. The van der Waals surface area contributed by atoms with Crippen molar-refractivity contribution in [1.29, 1.82) is 0 Å². The number of halogens is 1. The molecule has 0 saturated carbocycles. The van der Waals surface area contributed by atoms with E-state index in [1.54, 1.807) is 12.2 Å². The molecule has 1 rings (SSSR count). The molecule has 0 aliphatic carbocycles. The van der Waals surface area contributed by atoms with Crippen LogP contribution in [0.2, 0.25) is 5.15 Å². The van der Waals surface area contributed by atoms with Crippen molar-refractivity contribution >= 4 is 29.7 Å². The molecule has 0 atom stereocenters. The summed E-state index contributed by atoms with van der Waals surface area (Å²) in [4.78, 5) is 7.85. The lowest BCUT2D eigenvalue weighted by Gasteiger charge is -1.95. The summed E-state index contributed by atoms with van der Waals surface area (Å²) in [5, 5.41) is 1.81. The van der Waals surface area contributed by atoms with E-state index < -0.39 is 0 Å². The maximum atomic E-state index is 5.86. The largest absolute Gasteiger partial charge is 0.368 e. The first-order valence-corrected chi connectivity index (χ1v) is 5.15. The third-order valence-corrected chi connectivity index (χ3v) is 1.79. The Morgan fingerprint density at radius 2 is 1.93 bits per heavy atom. The molecule has 0 bridgehead atoms. The molecule has 1 heterocycles. The molecule has 0 amide bonds. The molecule has 1 aromatic heterocycles. The average Bonchev–Trinajstić information content (AvgIpc) is 2.24. The predicted molar refractivity (Wildman–Crippen MR) is 66.9 cm³/mol. The van der Waals surface area contributed by atoms with Gasteiger partial charge >= 0.3 is 0 Å². The summed E-state index contributed by atoms with van der Waals surface area (Å²) >= 11 is 5.86. The number of hydrogen-bond acceptors (Lipinski definition) is 3. The van der Waals surface area contributed by atoms with Crippen LogP contribution >= 0.6 is 11.6 Å². The summed E-state index contributed by atoms with van der Waals surface area (Å²) in [6.45, 7) is 9.44. The van der Waals surface area contributed by atoms with E-state index in [-0.39, 0.29) is 5.95 Å². The van der Waals surface area contributed by atoms with Crippen LogP contribution in [0.25, 0.3) is 12.2 Å². The molecule has 0 aliphatic rings. The molecule has 4 heteroatoms. The molecule has 0 radical (unpaired) electrons. The van der Waals surface area contributed by atoms with E-state index >= 15 is 0 Å². The molecular formula is C11H16ClN3. The van der Waals surface area contributed by atoms with E-state index in [2.05, 4.69) is 16.5 Å². The van der Waals surface area contributed by atoms with E-state index in [4.69, 9.17) is 17.3 Å². The molecule has 0 saturated heterocycles. The van der Waals surface area contributed by atoms with Crippen LogP contribution in [0.15, 0.2) is 12.7 Å². The Hall–Kier alpha value is -1.35. The molecule has 15 heavy (non-hydrogen) atoms. The summed E-state index contributed by atoms with van der Waals surface area (Å²) in [6.07, 6.45) is 5.20. The topological polar surface area (TPSA) is 51.8 Å². The minimum absolute atomic E-state index is 0.180. The highest BCUT2D eigenvalue weighted by Crippen LogP contribution is 1.94. The second-order valence-electron chi connectivity index (χ2n) is 2.36. The van der Waals surface area contributed by atoms with E-state index in [1.807, 2.05) is 26.8 Å². The molecule has 2 N–H and O–H groups in total. The lowest BCUT2D eigenvalue weighted by Crippen LogP contribution is -2.31. The minimum Gasteiger partial charge on any atom is -0.368 e. The van der Waals surface area contributed by atoms with Gasteiger partial charge in [0.25, 0.3) is 0 Å². The number of allylic oxidation sites excluding steroid dienone is 1. The third kappa shape index (κ3) is 3.72. The number of nitrogens with zero attached hydrogens (tertiary/aromatic N) is 2. The first-order chi connectivity index (χ1) is 7.19. The van der Waals surface area contributed by atoms with Gasteiger partial charge in [-0.25, -0.2) is 9.97 Å². The van der Waals surface area contributed by atoms with Crippen LogP contribution in [0.3, 0.4) is 0 Å². The highest BCUT2D eigenvalue weighted by atomic mass is 35.5. The van der Waals surface area contributed by atoms with Gasteiger partial charge in [-0.1, -0.05) is 50.3 Å². The number of aromatic nitrogens is 2. The number of rotatable bonds is 1. The average molecular weight is 226 g/mol. The maximum Gasteiger partial charge on any atom is 0.222 e. The van der Waals surface area contributed by atoms with Crippen LogP contribution < -0.4 is 16.3 Å². The smallest absolute Gasteiger partial charge is 0.222 e. The lowest BCUT2D eigenvalue weighted by molar-refractivity contribution is 1.12. The zero-order valence-electron chi connectivity index (χ0n) is 9.29. The summed E-state index contributed by atoms with van der Waals surface area (Å²) in [7, 11) is 0. The monoisotopic (exact) mass is 225 g/mol. The number of hydrogen-bond donors (Lipinski definition) is 1. The molecule has 0 spiro atoms. The van der Waals surface area contributed by atoms with Gasteiger partial charge < -0.3 is 5.73 Å². The zero-order valence-corrected chi connectivity index (χ0v) is 10.0. The quantitative estimate of drug-likeness (QED) is 0.738. The molecule has 0 aromatic carbocycles. The molecule has 0 fully saturated rings. The van der Waals surface area contributed by atoms with E-state index in [1.165, 1.54) is 0 Å². The van der Waals surface area contributed by atoms with Crippen molar-refractivity contribution in [3.63, 3.8) is 0 Å². The first kappa shape index (κ1) is 13.7. The lowest BCUT2D eigenvalue weighted by atomic mass is 10.3. The predicted octanol–water partition coefficient (Wildman–Crippen LogP) is 1.51. The number of nitrogens with two attached hydrogens (primary N) is 1. The first-order valence-electron chi connectivity index (χ1n) is 4.77.